The van der Waals surface area contributed by atoms with Crippen LogP contribution >= 0.6 is 0 Å². The average Bonchev–Trinajstić information content (AvgIpc) is 3.14. The minimum atomic E-state index is -0.451. The molecular weight excluding hydrogens is 619 g/mol. The zero-order valence-corrected chi connectivity index (χ0v) is 28.4. The van der Waals surface area contributed by atoms with Gasteiger partial charge in [-0.1, -0.05) is 80.9 Å². The fraction of sp³-hybridized carbons (Fsp3) is 0.262. The number of benzene rings is 5. The molecule has 5 aromatic rings. The van der Waals surface area contributed by atoms with Crippen LogP contribution in [0.15, 0.2) is 109 Å². The van der Waals surface area contributed by atoms with E-state index in [1.807, 2.05) is 60.7 Å². The number of methoxy groups -OCH3 is 1. The van der Waals surface area contributed by atoms with Crippen molar-refractivity contribution in [3.05, 3.63) is 137 Å². The lowest BCUT2D eigenvalue weighted by Gasteiger charge is -2.18. The normalized spacial score (nSPS) is 10.8. The summed E-state index contributed by atoms with van der Waals surface area (Å²) in [6, 6.07) is 33.3. The Hall–Kier alpha value is -5.30. The molecule has 0 fully saturated rings. The number of unbranched alkanes of at least 4 members (excludes halogenated alkanes) is 1. The third-order valence-electron chi connectivity index (χ3n) is 8.09. The molecule has 0 heterocycles. The molecule has 0 saturated carbocycles. The highest BCUT2D eigenvalue weighted by molar-refractivity contribution is 5.92. The monoisotopic (exact) mass is 662 g/mol. The van der Waals surface area contributed by atoms with E-state index in [1.165, 1.54) is 19.2 Å². The molecule has 5 rings (SSSR count). The molecule has 0 unspecified atom stereocenters. The van der Waals surface area contributed by atoms with Crippen molar-refractivity contribution in [2.75, 3.05) is 20.3 Å². The van der Waals surface area contributed by atoms with Crippen LogP contribution in [0, 0.1) is 5.82 Å². The SMILES string of the molecule is CCCc1c(OCCCCOc2cc(OCc3ccccc3)c(-c3ccc(F)cc3)cc2CC)cccc1Oc1ccccc1C(=O)OC. The number of rotatable bonds is 17. The Kier molecular flexibility index (Phi) is 12.7. The summed E-state index contributed by atoms with van der Waals surface area (Å²) in [5.74, 6) is 2.59. The van der Waals surface area contributed by atoms with Crippen LogP contribution < -0.4 is 18.9 Å². The highest BCUT2D eigenvalue weighted by Gasteiger charge is 2.17. The summed E-state index contributed by atoms with van der Waals surface area (Å²) >= 11 is 0. The van der Waals surface area contributed by atoms with Gasteiger partial charge in [0.25, 0.3) is 0 Å². The fourth-order valence-corrected chi connectivity index (χ4v) is 5.52. The lowest BCUT2D eigenvalue weighted by Crippen LogP contribution is -2.07. The molecule has 0 amide bonds. The minimum Gasteiger partial charge on any atom is -0.493 e. The number of esters is 1. The van der Waals surface area contributed by atoms with Crippen LogP contribution in [0.3, 0.4) is 0 Å². The van der Waals surface area contributed by atoms with Crippen LogP contribution in [0.4, 0.5) is 4.39 Å². The summed E-state index contributed by atoms with van der Waals surface area (Å²) in [6.07, 6.45) is 4.01. The third-order valence-corrected chi connectivity index (χ3v) is 8.09. The van der Waals surface area contributed by atoms with Gasteiger partial charge in [-0.05, 0) is 84.8 Å². The van der Waals surface area contributed by atoms with Gasteiger partial charge in [0.05, 0.1) is 20.3 Å². The van der Waals surface area contributed by atoms with Gasteiger partial charge < -0.3 is 23.7 Å². The smallest absolute Gasteiger partial charge is 0.341 e. The van der Waals surface area contributed by atoms with E-state index in [1.54, 1.807) is 30.3 Å². The Labute approximate surface area is 288 Å². The Morgan fingerprint density at radius 2 is 1.35 bits per heavy atom. The molecule has 0 bridgehead atoms. The van der Waals surface area contributed by atoms with Crippen LogP contribution in [0.5, 0.6) is 28.7 Å². The second kappa shape index (κ2) is 17.7. The molecule has 0 saturated heterocycles. The van der Waals surface area contributed by atoms with Crippen molar-refractivity contribution in [1.82, 2.24) is 0 Å². The number of ether oxygens (including phenoxy) is 5. The van der Waals surface area contributed by atoms with E-state index < -0.39 is 5.97 Å². The first-order valence-corrected chi connectivity index (χ1v) is 16.8. The molecule has 0 spiro atoms. The second-order valence-corrected chi connectivity index (χ2v) is 11.6. The summed E-state index contributed by atoms with van der Waals surface area (Å²) in [5.41, 5.74) is 5.21. The minimum absolute atomic E-state index is 0.279. The van der Waals surface area contributed by atoms with Gasteiger partial charge in [-0.2, -0.15) is 0 Å². The number of hydrogen-bond acceptors (Lipinski definition) is 6. The van der Waals surface area contributed by atoms with Crippen LogP contribution in [0.2, 0.25) is 0 Å². The van der Waals surface area contributed by atoms with E-state index in [0.717, 1.165) is 71.4 Å². The van der Waals surface area contributed by atoms with Gasteiger partial charge in [0, 0.05) is 17.2 Å². The molecule has 254 valence electrons. The molecule has 0 atom stereocenters. The van der Waals surface area contributed by atoms with Gasteiger partial charge in [0.1, 0.15) is 46.7 Å². The van der Waals surface area contributed by atoms with Crippen molar-refractivity contribution in [2.24, 2.45) is 0 Å². The number of hydrogen-bond donors (Lipinski definition) is 0. The Morgan fingerprint density at radius 1 is 0.673 bits per heavy atom. The largest absolute Gasteiger partial charge is 0.493 e. The highest BCUT2D eigenvalue weighted by Crippen LogP contribution is 2.38. The van der Waals surface area contributed by atoms with E-state index in [0.29, 0.717) is 42.6 Å². The van der Waals surface area contributed by atoms with Crippen LogP contribution in [0.25, 0.3) is 11.1 Å². The number of halogens is 1. The lowest BCUT2D eigenvalue weighted by molar-refractivity contribution is 0.0598. The summed E-state index contributed by atoms with van der Waals surface area (Å²) in [6.45, 7) is 5.63. The molecule has 0 aliphatic rings. The molecule has 0 N–H and O–H groups in total. The molecule has 6 nitrogen and oxygen atoms in total. The van der Waals surface area contributed by atoms with E-state index >= 15 is 0 Å². The van der Waals surface area contributed by atoms with Crippen molar-refractivity contribution in [1.29, 1.82) is 0 Å². The van der Waals surface area contributed by atoms with Gasteiger partial charge in [-0.25, -0.2) is 9.18 Å². The molecule has 0 aliphatic heterocycles. The number of carbonyl (C=O) groups excluding carboxylic acids is 1. The van der Waals surface area contributed by atoms with Gasteiger partial charge in [0.15, 0.2) is 0 Å². The lowest BCUT2D eigenvalue weighted by atomic mass is 9.99. The summed E-state index contributed by atoms with van der Waals surface area (Å²) in [4.78, 5) is 12.3. The fourth-order valence-electron chi connectivity index (χ4n) is 5.52. The molecule has 0 aromatic heterocycles. The predicted molar refractivity (Wildman–Crippen MR) is 191 cm³/mol. The first-order valence-electron chi connectivity index (χ1n) is 16.8. The number of para-hydroxylation sites is 1. The average molecular weight is 663 g/mol. The summed E-state index contributed by atoms with van der Waals surface area (Å²) in [5, 5.41) is 0. The van der Waals surface area contributed by atoms with Gasteiger partial charge in [-0.3, -0.25) is 0 Å². The van der Waals surface area contributed by atoms with Gasteiger partial charge >= 0.3 is 5.97 Å². The van der Waals surface area contributed by atoms with Crippen molar-refractivity contribution in [3.8, 4) is 39.9 Å². The summed E-state index contributed by atoms with van der Waals surface area (Å²) in [7, 11) is 1.36. The molecule has 0 radical (unpaired) electrons. The molecular formula is C42H43FO6. The Bertz CT molecular complexity index is 1800. The topological polar surface area (TPSA) is 63.2 Å². The quantitative estimate of drug-likeness (QED) is 0.0729. The predicted octanol–water partition coefficient (Wildman–Crippen LogP) is 10.4. The Morgan fingerprint density at radius 3 is 2.06 bits per heavy atom. The third kappa shape index (κ3) is 9.41. The van der Waals surface area contributed by atoms with Gasteiger partial charge in [-0.15, -0.1) is 0 Å². The molecule has 0 aliphatic carbocycles. The van der Waals surface area contributed by atoms with Crippen LogP contribution in [0.1, 0.15) is 60.2 Å². The zero-order valence-electron chi connectivity index (χ0n) is 28.4. The van der Waals surface area contributed by atoms with Crippen molar-refractivity contribution < 1.29 is 32.9 Å². The highest BCUT2D eigenvalue weighted by atomic mass is 19.1. The van der Waals surface area contributed by atoms with Gasteiger partial charge in [0.2, 0.25) is 0 Å². The number of carbonyl (C=O) groups is 1. The maximum absolute atomic E-state index is 13.7. The first kappa shape index (κ1) is 35.0. The maximum Gasteiger partial charge on any atom is 0.341 e. The zero-order chi connectivity index (χ0) is 34.4. The van der Waals surface area contributed by atoms with E-state index in [-0.39, 0.29) is 5.82 Å². The van der Waals surface area contributed by atoms with Crippen LogP contribution in [-0.4, -0.2) is 26.3 Å². The van der Waals surface area contributed by atoms with E-state index in [2.05, 4.69) is 19.9 Å². The summed E-state index contributed by atoms with van der Waals surface area (Å²) < 4.78 is 43.8. The van der Waals surface area contributed by atoms with Crippen molar-refractivity contribution in [3.63, 3.8) is 0 Å². The first-order chi connectivity index (χ1) is 24.0. The van der Waals surface area contributed by atoms with Crippen molar-refractivity contribution in [2.45, 2.75) is 52.6 Å². The maximum atomic E-state index is 13.7. The second-order valence-electron chi connectivity index (χ2n) is 11.6. The van der Waals surface area contributed by atoms with E-state index in [4.69, 9.17) is 23.7 Å². The van der Waals surface area contributed by atoms with Crippen molar-refractivity contribution >= 4 is 5.97 Å². The molecule has 49 heavy (non-hydrogen) atoms. The van der Waals surface area contributed by atoms with E-state index in [9.17, 15) is 9.18 Å². The van der Waals surface area contributed by atoms with Crippen LogP contribution in [-0.2, 0) is 24.2 Å². The molecule has 5 aromatic carbocycles. The molecule has 7 heteroatoms. The Balaban J connectivity index is 1.23. The standard InChI is InChI=1S/C42H43FO6/c1-4-14-34-37(19-13-20-38(34)49-39-18-10-9-17-35(39)42(44)45-3)46-25-11-12-26-47-40-28-41(48-29-30-15-7-6-8-16-30)36(27-31(40)5-2)32-21-23-33(43)24-22-32/h6-10,13,15-24,27-28H,4-5,11-12,14,25-26,29H2,1-3H3. The number of aryl methyl sites for hydroxylation is 1.